The number of nitrogens with zero attached hydrogens (tertiary/aromatic N) is 2. The van der Waals surface area contributed by atoms with E-state index in [0.29, 0.717) is 11.3 Å². The van der Waals surface area contributed by atoms with Crippen molar-refractivity contribution < 1.29 is 23.9 Å². The van der Waals surface area contributed by atoms with Gasteiger partial charge in [-0.15, -0.1) is 0 Å². The van der Waals surface area contributed by atoms with E-state index in [1.54, 1.807) is 45.0 Å². The van der Waals surface area contributed by atoms with E-state index >= 15 is 0 Å². The van der Waals surface area contributed by atoms with E-state index in [4.69, 9.17) is 10.5 Å². The lowest BCUT2D eigenvalue weighted by Crippen LogP contribution is -2.53. The second kappa shape index (κ2) is 13.4. The minimum absolute atomic E-state index is 0.444. The first-order valence-electron chi connectivity index (χ1n) is 13.3. The van der Waals surface area contributed by atoms with E-state index in [1.165, 1.54) is 0 Å². The molecule has 0 aliphatic carbocycles. The number of fused-ring (bicyclic) bond motifs is 1. The zero-order valence-electron chi connectivity index (χ0n) is 23.6. The molecule has 0 saturated heterocycles. The normalized spacial score (nSPS) is 12.5. The van der Waals surface area contributed by atoms with Crippen LogP contribution in [0.5, 0.6) is 0 Å². The fraction of sp³-hybridized carbons (Fsp3) is 0.323. The Hall–Kier alpha value is -4.91. The van der Waals surface area contributed by atoms with E-state index in [0.717, 1.165) is 27.7 Å². The summed E-state index contributed by atoms with van der Waals surface area (Å²) in [5.74, 6) is -2.28. The molecule has 0 bridgehead atoms. The molecule has 2 atom stereocenters. The number of nitriles is 1. The number of hydrogen-bond donors (Lipinski definition) is 3. The molecule has 0 radical (unpaired) electrons. The zero-order valence-corrected chi connectivity index (χ0v) is 23.6. The fourth-order valence-corrected chi connectivity index (χ4v) is 4.31. The van der Waals surface area contributed by atoms with Gasteiger partial charge in [-0.2, -0.15) is 5.26 Å². The quantitative estimate of drug-likeness (QED) is 0.317. The Morgan fingerprint density at radius 2 is 1.66 bits per heavy atom. The molecule has 3 rings (SSSR count). The second-order valence-corrected chi connectivity index (χ2v) is 10.5. The molecule has 4 N–H and O–H groups in total. The molecule has 3 aromatic carbocycles. The minimum Gasteiger partial charge on any atom is -0.444 e. The molecule has 10 heteroatoms. The average molecular weight is 558 g/mol. The van der Waals surface area contributed by atoms with Crippen LogP contribution in [-0.4, -0.2) is 46.9 Å². The number of ether oxygens (including phenoxy) is 1. The lowest BCUT2D eigenvalue weighted by molar-refractivity contribution is -0.141. The molecule has 214 valence electrons. The first-order valence-corrected chi connectivity index (χ1v) is 13.3. The number of nitrogens with one attached hydrogen (secondary N) is 2. The number of amides is 4. The van der Waals surface area contributed by atoms with Gasteiger partial charge in [-0.05, 0) is 61.2 Å². The number of carbonyl (C=O) groups is 4. The van der Waals surface area contributed by atoms with Crippen LogP contribution < -0.4 is 16.4 Å². The molecule has 3 aromatic rings. The molecule has 0 fully saturated rings. The van der Waals surface area contributed by atoms with Gasteiger partial charge in [0.15, 0.2) is 0 Å². The third-order valence-electron chi connectivity index (χ3n) is 6.20. The first-order chi connectivity index (χ1) is 19.4. The van der Waals surface area contributed by atoms with Gasteiger partial charge in [-0.1, -0.05) is 61.5 Å². The smallest absolute Gasteiger partial charge is 0.408 e. The lowest BCUT2D eigenvalue weighted by atomic mass is 10.00. The van der Waals surface area contributed by atoms with Crippen molar-refractivity contribution in [1.82, 2.24) is 10.2 Å². The SMILES string of the molecule is CCc1ccc(C(C(=O)Nc2ccc3ccccc3c2)N(CC#N)C(=O)C(CC(N)=O)NC(=O)OC(C)(C)C)cc1. The van der Waals surface area contributed by atoms with E-state index < -0.39 is 54.5 Å². The van der Waals surface area contributed by atoms with E-state index in [2.05, 4.69) is 10.6 Å². The number of alkyl carbamates (subject to hydrolysis) is 1. The number of primary amides is 1. The molecule has 0 aliphatic heterocycles. The average Bonchev–Trinajstić information content (AvgIpc) is 2.91. The second-order valence-electron chi connectivity index (χ2n) is 10.5. The van der Waals surface area contributed by atoms with Crippen molar-refractivity contribution in [1.29, 1.82) is 5.26 Å². The predicted molar refractivity (Wildman–Crippen MR) is 155 cm³/mol. The summed E-state index contributed by atoms with van der Waals surface area (Å²) >= 11 is 0. The fourth-order valence-electron chi connectivity index (χ4n) is 4.31. The summed E-state index contributed by atoms with van der Waals surface area (Å²) in [4.78, 5) is 53.1. The molecular weight excluding hydrogens is 522 g/mol. The standard InChI is InChI=1S/C31H35N5O5/c1-5-20-10-12-22(13-11-20)27(28(38)34-24-15-14-21-8-6-7-9-23(21)18-24)36(17-16-32)29(39)25(19-26(33)37)35-30(40)41-31(2,3)4/h6-15,18,25,27H,5,17,19H2,1-4H3,(H2,33,37)(H,34,38)(H,35,40). The third-order valence-corrected chi connectivity index (χ3v) is 6.20. The predicted octanol–water partition coefficient (Wildman–Crippen LogP) is 4.20. The topological polar surface area (TPSA) is 155 Å². The molecule has 0 heterocycles. The van der Waals surface area contributed by atoms with E-state index in [1.807, 2.05) is 55.5 Å². The van der Waals surface area contributed by atoms with Crippen molar-refractivity contribution in [3.8, 4) is 6.07 Å². The van der Waals surface area contributed by atoms with Crippen LogP contribution in [0.25, 0.3) is 10.8 Å². The van der Waals surface area contributed by atoms with Crippen LogP contribution >= 0.6 is 0 Å². The molecule has 2 unspecified atom stereocenters. The highest BCUT2D eigenvalue weighted by molar-refractivity contribution is 6.01. The summed E-state index contributed by atoms with van der Waals surface area (Å²) in [5.41, 5.74) is 6.46. The van der Waals surface area contributed by atoms with Gasteiger partial charge in [0, 0.05) is 5.69 Å². The Morgan fingerprint density at radius 3 is 2.24 bits per heavy atom. The summed E-state index contributed by atoms with van der Waals surface area (Å²) < 4.78 is 5.25. The Morgan fingerprint density at radius 1 is 1.00 bits per heavy atom. The number of benzene rings is 3. The van der Waals surface area contributed by atoms with Gasteiger partial charge in [-0.3, -0.25) is 14.4 Å². The van der Waals surface area contributed by atoms with Gasteiger partial charge < -0.3 is 26.0 Å². The Labute approximate surface area is 239 Å². The molecule has 41 heavy (non-hydrogen) atoms. The van der Waals surface area contributed by atoms with Crippen molar-refractivity contribution in [3.63, 3.8) is 0 Å². The monoisotopic (exact) mass is 557 g/mol. The largest absolute Gasteiger partial charge is 0.444 e. The number of carbonyl (C=O) groups excluding carboxylic acids is 4. The van der Waals surface area contributed by atoms with Gasteiger partial charge in [0.2, 0.25) is 11.8 Å². The Kier molecular flexibility index (Phi) is 10.0. The van der Waals surface area contributed by atoms with Crippen molar-refractivity contribution in [2.75, 3.05) is 11.9 Å². The van der Waals surface area contributed by atoms with Gasteiger partial charge in [0.05, 0.1) is 12.5 Å². The van der Waals surface area contributed by atoms with Crippen LogP contribution in [-0.2, 0) is 25.5 Å². The third kappa shape index (κ3) is 8.54. The molecular formula is C31H35N5O5. The van der Waals surface area contributed by atoms with E-state index in [-0.39, 0.29) is 0 Å². The molecule has 4 amide bonds. The number of aryl methyl sites for hydroxylation is 1. The molecule has 0 saturated carbocycles. The van der Waals surface area contributed by atoms with Crippen LogP contribution in [0.2, 0.25) is 0 Å². The van der Waals surface area contributed by atoms with Gasteiger partial charge >= 0.3 is 6.09 Å². The van der Waals surface area contributed by atoms with E-state index in [9.17, 15) is 24.4 Å². The summed E-state index contributed by atoms with van der Waals surface area (Å²) in [6.45, 7) is 6.42. The highest BCUT2D eigenvalue weighted by Crippen LogP contribution is 2.26. The molecule has 0 spiro atoms. The highest BCUT2D eigenvalue weighted by Gasteiger charge is 2.37. The molecule has 10 nitrogen and oxygen atoms in total. The van der Waals surface area contributed by atoms with Gasteiger partial charge in [0.1, 0.15) is 24.2 Å². The first kappa shape index (κ1) is 30.6. The van der Waals surface area contributed by atoms with Crippen molar-refractivity contribution >= 4 is 40.3 Å². The summed E-state index contributed by atoms with van der Waals surface area (Å²) in [6, 6.07) is 19.4. The number of nitrogens with two attached hydrogens (primary N) is 1. The Bertz CT molecular complexity index is 1460. The van der Waals surface area contributed by atoms with Crippen molar-refractivity contribution in [2.45, 2.75) is 58.2 Å². The number of anilines is 1. The van der Waals surface area contributed by atoms with Crippen molar-refractivity contribution in [3.05, 3.63) is 77.9 Å². The summed E-state index contributed by atoms with van der Waals surface area (Å²) in [7, 11) is 0. The van der Waals surface area contributed by atoms with Crippen LogP contribution in [0.3, 0.4) is 0 Å². The zero-order chi connectivity index (χ0) is 30.2. The molecule has 0 aromatic heterocycles. The maximum Gasteiger partial charge on any atom is 0.408 e. The van der Waals surface area contributed by atoms with Crippen LogP contribution in [0, 0.1) is 11.3 Å². The van der Waals surface area contributed by atoms with Gasteiger partial charge in [0.25, 0.3) is 5.91 Å². The maximum absolute atomic E-state index is 13.9. The maximum atomic E-state index is 13.9. The van der Waals surface area contributed by atoms with Crippen LogP contribution in [0.1, 0.15) is 51.3 Å². The Balaban J connectivity index is 2.02. The van der Waals surface area contributed by atoms with Crippen LogP contribution in [0.15, 0.2) is 66.7 Å². The summed E-state index contributed by atoms with van der Waals surface area (Å²) in [5, 5.41) is 16.8. The van der Waals surface area contributed by atoms with Crippen LogP contribution in [0.4, 0.5) is 10.5 Å². The summed E-state index contributed by atoms with van der Waals surface area (Å²) in [6.07, 6.45) is -0.748. The number of rotatable bonds is 10. The van der Waals surface area contributed by atoms with Gasteiger partial charge in [-0.25, -0.2) is 4.79 Å². The highest BCUT2D eigenvalue weighted by atomic mass is 16.6. The minimum atomic E-state index is -1.47. The van der Waals surface area contributed by atoms with Crippen molar-refractivity contribution in [2.24, 2.45) is 5.73 Å². The molecule has 0 aliphatic rings. The lowest BCUT2D eigenvalue weighted by Gasteiger charge is -2.32. The number of hydrogen-bond acceptors (Lipinski definition) is 6.